The van der Waals surface area contributed by atoms with E-state index in [2.05, 4.69) is 22.3 Å². The summed E-state index contributed by atoms with van der Waals surface area (Å²) in [5.41, 5.74) is 3.21. The lowest BCUT2D eigenvalue weighted by Crippen LogP contribution is -2.32. The highest BCUT2D eigenvalue weighted by molar-refractivity contribution is 5.93. The lowest BCUT2D eigenvalue weighted by atomic mass is 9.96. The van der Waals surface area contributed by atoms with E-state index >= 15 is 0 Å². The number of benzene rings is 2. The maximum Gasteiger partial charge on any atom is 0.231 e. The normalized spacial score (nSPS) is 19.8. The number of ether oxygens (including phenoxy) is 1. The number of para-hydroxylation sites is 1. The molecule has 2 aliphatic rings. The Labute approximate surface area is 155 Å². The van der Waals surface area contributed by atoms with Crippen LogP contribution in [0.2, 0.25) is 0 Å². The summed E-state index contributed by atoms with van der Waals surface area (Å²) in [5.74, 6) is 0.788. The third-order valence-electron chi connectivity index (χ3n) is 5.36. The van der Waals surface area contributed by atoms with Gasteiger partial charge in [-0.25, -0.2) is 0 Å². The Morgan fingerprint density at radius 2 is 1.69 bits per heavy atom. The van der Waals surface area contributed by atoms with Crippen LogP contribution in [-0.4, -0.2) is 25.6 Å². The molecule has 4 nitrogen and oxygen atoms in total. The van der Waals surface area contributed by atoms with Crippen molar-refractivity contribution < 1.29 is 9.53 Å². The Morgan fingerprint density at radius 1 is 0.962 bits per heavy atom. The van der Waals surface area contributed by atoms with E-state index in [4.69, 9.17) is 4.74 Å². The Hall–Kier alpha value is -2.49. The van der Waals surface area contributed by atoms with Gasteiger partial charge in [0.15, 0.2) is 0 Å². The quantitative estimate of drug-likeness (QED) is 0.899. The van der Waals surface area contributed by atoms with Gasteiger partial charge < -0.3 is 15.0 Å². The number of carbonyl (C=O) groups excluding carboxylic acids is 1. The number of fused-ring (bicyclic) bond motifs is 1. The van der Waals surface area contributed by atoms with Crippen molar-refractivity contribution in [3.8, 4) is 5.75 Å². The number of hydrogen-bond acceptors (Lipinski definition) is 3. The number of rotatable bonds is 3. The smallest absolute Gasteiger partial charge is 0.231 e. The second-order valence-electron chi connectivity index (χ2n) is 7.26. The molecule has 136 valence electrons. The van der Waals surface area contributed by atoms with Crippen molar-refractivity contribution in [1.29, 1.82) is 0 Å². The van der Waals surface area contributed by atoms with Crippen molar-refractivity contribution in [2.45, 2.75) is 32.1 Å². The molecule has 2 aromatic rings. The first-order valence-electron chi connectivity index (χ1n) is 9.66. The molecule has 0 aliphatic carbocycles. The average Bonchev–Trinajstić information content (AvgIpc) is 2.98. The van der Waals surface area contributed by atoms with Crippen molar-refractivity contribution in [2.75, 3.05) is 29.9 Å². The molecule has 0 bridgehead atoms. The van der Waals surface area contributed by atoms with Gasteiger partial charge in [-0.15, -0.1) is 0 Å². The van der Waals surface area contributed by atoms with E-state index in [9.17, 15) is 4.79 Å². The number of carbonyl (C=O) groups is 1. The molecule has 26 heavy (non-hydrogen) atoms. The monoisotopic (exact) mass is 350 g/mol. The predicted molar refractivity (Wildman–Crippen MR) is 105 cm³/mol. The second kappa shape index (κ2) is 7.81. The highest BCUT2D eigenvalue weighted by atomic mass is 16.5. The fraction of sp³-hybridized carbons (Fsp3) is 0.409. The molecule has 1 atom stereocenters. The fourth-order valence-corrected chi connectivity index (χ4v) is 3.83. The summed E-state index contributed by atoms with van der Waals surface area (Å²) in [6.45, 7) is 2.70. The van der Waals surface area contributed by atoms with Gasteiger partial charge in [-0.1, -0.05) is 31.0 Å². The number of nitrogens with one attached hydrogen (secondary N) is 1. The standard InChI is InChI=1S/C22H26N2O2/c25-22(18-15-17-7-3-4-8-21(17)26-16-18)23-19-9-11-20(12-10-19)24-13-5-1-2-6-14-24/h3-4,7-12,18H,1-2,5-6,13-16H2,(H,23,25)/t18-/m0/s1. The summed E-state index contributed by atoms with van der Waals surface area (Å²) >= 11 is 0. The van der Waals surface area contributed by atoms with Gasteiger partial charge in [-0.3, -0.25) is 4.79 Å². The van der Waals surface area contributed by atoms with E-state index in [1.54, 1.807) is 0 Å². The highest BCUT2D eigenvalue weighted by Crippen LogP contribution is 2.28. The van der Waals surface area contributed by atoms with E-state index in [1.165, 1.54) is 31.4 Å². The van der Waals surface area contributed by atoms with Crippen LogP contribution in [0.25, 0.3) is 0 Å². The molecule has 1 N–H and O–H groups in total. The zero-order valence-electron chi connectivity index (χ0n) is 15.1. The lowest BCUT2D eigenvalue weighted by molar-refractivity contribution is -0.121. The summed E-state index contributed by atoms with van der Waals surface area (Å²) in [4.78, 5) is 15.1. The molecular weight excluding hydrogens is 324 g/mol. The van der Waals surface area contributed by atoms with Crippen LogP contribution in [0.15, 0.2) is 48.5 Å². The Morgan fingerprint density at radius 3 is 2.46 bits per heavy atom. The molecule has 0 unspecified atom stereocenters. The van der Waals surface area contributed by atoms with Gasteiger partial charge in [0, 0.05) is 24.5 Å². The Kier molecular flexibility index (Phi) is 5.09. The van der Waals surface area contributed by atoms with Crippen molar-refractivity contribution in [3.05, 3.63) is 54.1 Å². The van der Waals surface area contributed by atoms with Gasteiger partial charge in [-0.2, -0.15) is 0 Å². The third-order valence-corrected chi connectivity index (χ3v) is 5.36. The molecular formula is C22H26N2O2. The lowest BCUT2D eigenvalue weighted by Gasteiger charge is -2.25. The first-order chi connectivity index (χ1) is 12.8. The summed E-state index contributed by atoms with van der Waals surface area (Å²) < 4.78 is 5.74. The minimum Gasteiger partial charge on any atom is -0.492 e. The first-order valence-corrected chi connectivity index (χ1v) is 9.66. The molecule has 0 radical (unpaired) electrons. The zero-order valence-corrected chi connectivity index (χ0v) is 15.1. The Bertz CT molecular complexity index is 749. The van der Waals surface area contributed by atoms with Gasteiger partial charge in [0.05, 0.1) is 5.92 Å². The van der Waals surface area contributed by atoms with E-state index in [0.717, 1.165) is 36.5 Å². The maximum absolute atomic E-state index is 12.6. The summed E-state index contributed by atoms with van der Waals surface area (Å²) in [6.07, 6.45) is 5.92. The van der Waals surface area contributed by atoms with E-state index in [0.29, 0.717) is 6.61 Å². The summed E-state index contributed by atoms with van der Waals surface area (Å²) in [5, 5.41) is 3.05. The minimum atomic E-state index is -0.143. The van der Waals surface area contributed by atoms with Crippen LogP contribution in [0.5, 0.6) is 5.75 Å². The van der Waals surface area contributed by atoms with Crippen LogP contribution in [0, 0.1) is 5.92 Å². The topological polar surface area (TPSA) is 41.6 Å². The number of nitrogens with zero attached hydrogens (tertiary/aromatic N) is 1. The van der Waals surface area contributed by atoms with Crippen molar-refractivity contribution in [2.24, 2.45) is 5.92 Å². The number of amides is 1. The van der Waals surface area contributed by atoms with Crippen LogP contribution in [0.3, 0.4) is 0 Å². The molecule has 4 heteroatoms. The summed E-state index contributed by atoms with van der Waals surface area (Å²) in [7, 11) is 0. The van der Waals surface area contributed by atoms with E-state index in [-0.39, 0.29) is 11.8 Å². The molecule has 1 amide bonds. The zero-order chi connectivity index (χ0) is 17.8. The van der Waals surface area contributed by atoms with Crippen LogP contribution in [-0.2, 0) is 11.2 Å². The molecule has 1 saturated heterocycles. The molecule has 2 heterocycles. The summed E-state index contributed by atoms with van der Waals surface area (Å²) in [6, 6.07) is 16.2. The predicted octanol–water partition coefficient (Wildman–Crippen LogP) is 4.26. The maximum atomic E-state index is 12.6. The molecule has 2 aliphatic heterocycles. The molecule has 4 rings (SSSR count). The van der Waals surface area contributed by atoms with E-state index < -0.39 is 0 Å². The average molecular weight is 350 g/mol. The molecule has 2 aromatic carbocycles. The van der Waals surface area contributed by atoms with Gasteiger partial charge >= 0.3 is 0 Å². The van der Waals surface area contributed by atoms with Crippen LogP contribution >= 0.6 is 0 Å². The van der Waals surface area contributed by atoms with Crippen molar-refractivity contribution in [3.63, 3.8) is 0 Å². The number of hydrogen-bond donors (Lipinski definition) is 1. The molecule has 0 aromatic heterocycles. The van der Waals surface area contributed by atoms with Crippen LogP contribution < -0.4 is 15.0 Å². The fourth-order valence-electron chi connectivity index (χ4n) is 3.83. The van der Waals surface area contributed by atoms with Crippen LogP contribution in [0.1, 0.15) is 31.2 Å². The second-order valence-corrected chi connectivity index (χ2v) is 7.26. The van der Waals surface area contributed by atoms with Gasteiger partial charge in [-0.05, 0) is 55.2 Å². The molecule has 0 spiro atoms. The first kappa shape index (κ1) is 17.0. The highest BCUT2D eigenvalue weighted by Gasteiger charge is 2.25. The largest absolute Gasteiger partial charge is 0.492 e. The van der Waals surface area contributed by atoms with Gasteiger partial charge in [0.1, 0.15) is 12.4 Å². The van der Waals surface area contributed by atoms with Crippen LogP contribution in [0.4, 0.5) is 11.4 Å². The van der Waals surface area contributed by atoms with Gasteiger partial charge in [0.25, 0.3) is 0 Å². The number of anilines is 2. The molecule has 0 saturated carbocycles. The van der Waals surface area contributed by atoms with Gasteiger partial charge in [0.2, 0.25) is 5.91 Å². The van der Waals surface area contributed by atoms with E-state index in [1.807, 2.05) is 36.4 Å². The Balaban J connectivity index is 1.37. The SMILES string of the molecule is O=C(Nc1ccc(N2CCCCCC2)cc1)[C@@H]1COc2ccccc2C1. The van der Waals surface area contributed by atoms with Crippen molar-refractivity contribution >= 4 is 17.3 Å². The molecule has 1 fully saturated rings. The third kappa shape index (κ3) is 3.85. The minimum absolute atomic E-state index is 0.0297. The van der Waals surface area contributed by atoms with Crippen molar-refractivity contribution in [1.82, 2.24) is 0 Å².